The molecule has 0 aromatic carbocycles. The third-order valence-electron chi connectivity index (χ3n) is 0.338. The molecule has 0 N–H and O–H groups in total. The van der Waals surface area contributed by atoms with Crippen LogP contribution in [0.5, 0.6) is 0 Å². The first-order chi connectivity index (χ1) is 2.64. The van der Waals surface area contributed by atoms with Crippen molar-refractivity contribution in [3.8, 4) is 0 Å². The number of halogens is 2. The molecule has 0 atom stereocenters. The fraction of sp³-hybridized carbons (Fsp3) is 1.00. The standard InChI is InChI=1S/C2H6Cl2NSi/c1-5(2)6(3)4/h1-2H3. The topological polar surface area (TPSA) is 3.24 Å². The molecule has 37 valence electrons. The van der Waals surface area contributed by atoms with Crippen molar-refractivity contribution in [2.75, 3.05) is 14.1 Å². The van der Waals surface area contributed by atoms with Crippen LogP contribution in [0.25, 0.3) is 0 Å². The predicted molar refractivity (Wildman–Crippen MR) is 31.1 cm³/mol. The first kappa shape index (κ1) is 6.76. The summed E-state index contributed by atoms with van der Waals surface area (Å²) in [7, 11) is 2.54. The van der Waals surface area contributed by atoms with Gasteiger partial charge in [0.2, 0.25) is 0 Å². The van der Waals surface area contributed by atoms with E-state index in [9.17, 15) is 0 Å². The Morgan fingerprint density at radius 2 is 1.50 bits per heavy atom. The van der Waals surface area contributed by atoms with Crippen LogP contribution in [-0.2, 0) is 0 Å². The van der Waals surface area contributed by atoms with Crippen molar-refractivity contribution < 1.29 is 0 Å². The van der Waals surface area contributed by atoms with Crippen molar-refractivity contribution in [1.82, 2.24) is 4.57 Å². The lowest BCUT2D eigenvalue weighted by molar-refractivity contribution is 0.668. The second-order valence-corrected chi connectivity index (χ2v) is 5.24. The smallest absolute Gasteiger partial charge is 0.305 e. The number of hydrogen-bond acceptors (Lipinski definition) is 1. The third-order valence-corrected chi connectivity index (χ3v) is 3.04. The average molecular weight is 143 g/mol. The van der Waals surface area contributed by atoms with Crippen molar-refractivity contribution in [2.45, 2.75) is 0 Å². The Kier molecular flexibility index (Phi) is 3.21. The van der Waals surface area contributed by atoms with E-state index in [1.807, 2.05) is 14.1 Å². The van der Waals surface area contributed by atoms with Crippen LogP contribution in [0.1, 0.15) is 0 Å². The molecule has 0 rings (SSSR count). The van der Waals surface area contributed by atoms with E-state index in [1.54, 1.807) is 4.57 Å². The van der Waals surface area contributed by atoms with Gasteiger partial charge in [0.25, 0.3) is 0 Å². The van der Waals surface area contributed by atoms with Crippen LogP contribution >= 0.6 is 22.2 Å². The van der Waals surface area contributed by atoms with Crippen molar-refractivity contribution in [3.05, 3.63) is 0 Å². The minimum atomic E-state index is -1.17. The fourth-order valence-electron chi connectivity index (χ4n) is 0. The highest BCUT2D eigenvalue weighted by atomic mass is 35.7. The van der Waals surface area contributed by atoms with Gasteiger partial charge < -0.3 is 4.57 Å². The Balaban J connectivity index is 2.99. The highest BCUT2D eigenvalue weighted by molar-refractivity contribution is 7.32. The van der Waals surface area contributed by atoms with E-state index in [0.717, 1.165) is 0 Å². The quantitative estimate of drug-likeness (QED) is 0.391. The summed E-state index contributed by atoms with van der Waals surface area (Å²) in [5.74, 6) is 0. The van der Waals surface area contributed by atoms with E-state index in [4.69, 9.17) is 22.2 Å². The minimum absolute atomic E-state index is 1.17. The van der Waals surface area contributed by atoms with Crippen molar-refractivity contribution >= 4 is 29.7 Å². The van der Waals surface area contributed by atoms with Gasteiger partial charge in [-0.25, -0.2) is 0 Å². The zero-order valence-electron chi connectivity index (χ0n) is 3.70. The SMILES string of the molecule is CN(C)[Si](Cl)Cl. The Morgan fingerprint density at radius 3 is 1.50 bits per heavy atom. The Hall–Kier alpha value is 0.757. The lowest BCUT2D eigenvalue weighted by Crippen LogP contribution is -2.20. The monoisotopic (exact) mass is 142 g/mol. The van der Waals surface area contributed by atoms with E-state index >= 15 is 0 Å². The van der Waals surface area contributed by atoms with Crippen LogP contribution in [0.2, 0.25) is 0 Å². The Morgan fingerprint density at radius 1 is 1.33 bits per heavy atom. The maximum atomic E-state index is 5.41. The van der Waals surface area contributed by atoms with Crippen LogP contribution in [0.3, 0.4) is 0 Å². The van der Waals surface area contributed by atoms with E-state index in [1.165, 1.54) is 0 Å². The molecule has 0 fully saturated rings. The largest absolute Gasteiger partial charge is 0.359 e. The van der Waals surface area contributed by atoms with Gasteiger partial charge in [-0.1, -0.05) is 0 Å². The van der Waals surface area contributed by atoms with E-state index in [2.05, 4.69) is 0 Å². The fourth-order valence-corrected chi connectivity index (χ4v) is 0. The van der Waals surface area contributed by atoms with Gasteiger partial charge in [-0.2, -0.15) is 0 Å². The molecule has 4 heteroatoms. The van der Waals surface area contributed by atoms with Gasteiger partial charge in [-0.05, 0) is 14.1 Å². The second-order valence-electron chi connectivity index (χ2n) is 1.13. The highest BCUT2D eigenvalue weighted by Crippen LogP contribution is 1.95. The first-order valence-electron chi connectivity index (χ1n) is 1.50. The molecule has 0 aromatic rings. The van der Waals surface area contributed by atoms with Crippen LogP contribution < -0.4 is 0 Å². The number of hydrogen-bond donors (Lipinski definition) is 0. The van der Waals surface area contributed by atoms with Crippen LogP contribution in [0.4, 0.5) is 0 Å². The molecular formula is C2H6Cl2NSi. The maximum absolute atomic E-state index is 5.41. The normalized spacial score (nSPS) is 11.0. The summed E-state index contributed by atoms with van der Waals surface area (Å²) in [6.07, 6.45) is 0. The van der Waals surface area contributed by atoms with Crippen molar-refractivity contribution in [2.24, 2.45) is 0 Å². The summed E-state index contributed by atoms with van der Waals surface area (Å²) in [6, 6.07) is 0. The Bertz CT molecular complexity index is 32.5. The molecule has 0 aromatic heterocycles. The zero-order valence-corrected chi connectivity index (χ0v) is 6.22. The lowest BCUT2D eigenvalue weighted by atomic mass is 11.3. The first-order valence-corrected chi connectivity index (χ1v) is 4.97. The molecule has 1 radical (unpaired) electrons. The van der Waals surface area contributed by atoms with Gasteiger partial charge in [-0.3, -0.25) is 0 Å². The molecule has 0 heterocycles. The molecule has 0 unspecified atom stereocenters. The number of rotatable bonds is 1. The lowest BCUT2D eigenvalue weighted by Gasteiger charge is -2.04. The molecule has 0 saturated carbocycles. The minimum Gasteiger partial charge on any atom is -0.305 e. The summed E-state index contributed by atoms with van der Waals surface area (Å²) < 4.78 is 1.80. The van der Waals surface area contributed by atoms with Gasteiger partial charge in [0.1, 0.15) is 0 Å². The molecule has 0 aliphatic heterocycles. The molecule has 0 saturated heterocycles. The molecule has 1 nitrogen and oxygen atoms in total. The van der Waals surface area contributed by atoms with Crippen LogP contribution in [0.15, 0.2) is 0 Å². The molecule has 0 aliphatic carbocycles. The van der Waals surface area contributed by atoms with Crippen LogP contribution in [0, 0.1) is 0 Å². The Labute approximate surface area is 48.9 Å². The summed E-state index contributed by atoms with van der Waals surface area (Å²) >= 11 is 10.8. The van der Waals surface area contributed by atoms with Gasteiger partial charge in [0, 0.05) is 0 Å². The summed E-state index contributed by atoms with van der Waals surface area (Å²) in [5.41, 5.74) is 0. The van der Waals surface area contributed by atoms with Gasteiger partial charge >= 0.3 is 7.58 Å². The molecule has 0 spiro atoms. The zero-order chi connectivity index (χ0) is 5.15. The predicted octanol–water partition coefficient (Wildman–Crippen LogP) is 1.01. The van der Waals surface area contributed by atoms with E-state index in [-0.39, 0.29) is 0 Å². The second kappa shape index (κ2) is 2.85. The van der Waals surface area contributed by atoms with Crippen LogP contribution in [-0.4, -0.2) is 26.2 Å². The summed E-state index contributed by atoms with van der Waals surface area (Å²) in [5, 5.41) is 0. The molecule has 0 aliphatic rings. The molecule has 0 bridgehead atoms. The number of nitrogens with zero attached hydrogens (tertiary/aromatic N) is 1. The molecular weight excluding hydrogens is 137 g/mol. The summed E-state index contributed by atoms with van der Waals surface area (Å²) in [4.78, 5) is 0. The highest BCUT2D eigenvalue weighted by Gasteiger charge is 2.03. The summed E-state index contributed by atoms with van der Waals surface area (Å²) in [6.45, 7) is 0. The van der Waals surface area contributed by atoms with Crippen molar-refractivity contribution in [1.29, 1.82) is 0 Å². The average Bonchev–Trinajstić information content (AvgIpc) is 1.36. The third kappa shape index (κ3) is 2.97. The van der Waals surface area contributed by atoms with Gasteiger partial charge in [0.05, 0.1) is 0 Å². The van der Waals surface area contributed by atoms with Gasteiger partial charge in [0.15, 0.2) is 0 Å². The molecule has 0 amide bonds. The van der Waals surface area contributed by atoms with Gasteiger partial charge in [-0.15, -0.1) is 22.2 Å². The maximum Gasteiger partial charge on any atom is 0.359 e. The van der Waals surface area contributed by atoms with Crippen molar-refractivity contribution in [3.63, 3.8) is 0 Å². The van der Waals surface area contributed by atoms with E-state index in [0.29, 0.717) is 0 Å². The molecule has 6 heavy (non-hydrogen) atoms. The van der Waals surface area contributed by atoms with E-state index < -0.39 is 7.58 Å².